The van der Waals surface area contributed by atoms with Crippen molar-refractivity contribution in [3.05, 3.63) is 29.3 Å². The average molecular weight is 296 g/mol. The molecule has 20 heavy (non-hydrogen) atoms. The van der Waals surface area contributed by atoms with Crippen LogP contribution >= 0.6 is 11.6 Å². The molecular formula is C15H22ClN3O. The highest BCUT2D eigenvalue weighted by Crippen LogP contribution is 2.15. The smallest absolute Gasteiger partial charge is 0.225 e. The van der Waals surface area contributed by atoms with Gasteiger partial charge >= 0.3 is 0 Å². The number of carbonyl (C=O) groups is 1. The predicted molar refractivity (Wildman–Crippen MR) is 83.3 cm³/mol. The van der Waals surface area contributed by atoms with Gasteiger partial charge in [0, 0.05) is 49.9 Å². The van der Waals surface area contributed by atoms with Crippen molar-refractivity contribution in [2.45, 2.75) is 13.3 Å². The van der Waals surface area contributed by atoms with Gasteiger partial charge in [-0.2, -0.15) is 0 Å². The van der Waals surface area contributed by atoms with Crippen LogP contribution in [0.1, 0.15) is 13.3 Å². The van der Waals surface area contributed by atoms with Crippen LogP contribution in [0.15, 0.2) is 24.3 Å². The average Bonchev–Trinajstić information content (AvgIpc) is 2.46. The summed E-state index contributed by atoms with van der Waals surface area (Å²) in [5, 5.41) is 3.52. The zero-order valence-corrected chi connectivity index (χ0v) is 12.7. The summed E-state index contributed by atoms with van der Waals surface area (Å²) < 4.78 is 0. The van der Waals surface area contributed by atoms with Crippen LogP contribution in [-0.4, -0.2) is 55.0 Å². The van der Waals surface area contributed by atoms with Gasteiger partial charge in [-0.3, -0.25) is 4.79 Å². The molecule has 1 aromatic carbocycles. The summed E-state index contributed by atoms with van der Waals surface area (Å²) in [6.07, 6.45) is 0.526. The summed E-state index contributed by atoms with van der Waals surface area (Å²) in [7, 11) is 0. The Morgan fingerprint density at radius 3 is 2.60 bits per heavy atom. The van der Waals surface area contributed by atoms with E-state index in [2.05, 4.69) is 22.0 Å². The van der Waals surface area contributed by atoms with Gasteiger partial charge in [-0.15, -0.1) is 0 Å². The molecule has 0 aromatic heterocycles. The molecule has 1 heterocycles. The van der Waals surface area contributed by atoms with E-state index < -0.39 is 0 Å². The van der Waals surface area contributed by atoms with E-state index in [0.717, 1.165) is 45.0 Å². The molecule has 1 fully saturated rings. The van der Waals surface area contributed by atoms with Crippen LogP contribution in [0, 0.1) is 0 Å². The van der Waals surface area contributed by atoms with Crippen LogP contribution in [0.3, 0.4) is 0 Å². The number of anilines is 1. The van der Waals surface area contributed by atoms with E-state index in [-0.39, 0.29) is 5.91 Å². The highest BCUT2D eigenvalue weighted by molar-refractivity contribution is 6.30. The van der Waals surface area contributed by atoms with E-state index in [4.69, 9.17) is 11.6 Å². The fourth-order valence-corrected chi connectivity index (χ4v) is 2.57. The number of rotatable bonds is 5. The molecule has 2 rings (SSSR count). The lowest BCUT2D eigenvalue weighted by Gasteiger charge is -2.33. The molecule has 4 nitrogen and oxygen atoms in total. The van der Waals surface area contributed by atoms with Crippen molar-refractivity contribution in [1.29, 1.82) is 0 Å². The summed E-state index contributed by atoms with van der Waals surface area (Å²) in [6, 6.07) is 7.25. The monoisotopic (exact) mass is 295 g/mol. The molecule has 0 atom stereocenters. The van der Waals surface area contributed by atoms with Crippen LogP contribution in [0.4, 0.5) is 5.69 Å². The highest BCUT2D eigenvalue weighted by atomic mass is 35.5. The molecule has 5 heteroatoms. The SMILES string of the molecule is CCN1CCN(CCC(=O)Nc2cccc(Cl)c2)CC1. The lowest BCUT2D eigenvalue weighted by molar-refractivity contribution is -0.116. The summed E-state index contributed by atoms with van der Waals surface area (Å²) in [5.74, 6) is 0.0465. The fraction of sp³-hybridized carbons (Fsp3) is 0.533. The van der Waals surface area contributed by atoms with Crippen LogP contribution < -0.4 is 5.32 Å². The standard InChI is InChI=1S/C15H22ClN3O/c1-2-18-8-10-19(11-9-18)7-6-15(20)17-14-5-3-4-13(16)12-14/h3-5,12H,2,6-11H2,1H3,(H,17,20). The first-order chi connectivity index (χ1) is 9.67. The maximum atomic E-state index is 11.9. The minimum atomic E-state index is 0.0465. The van der Waals surface area contributed by atoms with Gasteiger partial charge in [-0.1, -0.05) is 24.6 Å². The molecule has 0 bridgehead atoms. The van der Waals surface area contributed by atoms with Crippen LogP contribution in [0.5, 0.6) is 0 Å². The number of halogens is 1. The molecule has 1 aliphatic rings. The second-order valence-corrected chi connectivity index (χ2v) is 5.52. The van der Waals surface area contributed by atoms with Gasteiger partial charge in [0.25, 0.3) is 0 Å². The van der Waals surface area contributed by atoms with Gasteiger partial charge in [0.05, 0.1) is 0 Å². The van der Waals surface area contributed by atoms with E-state index >= 15 is 0 Å². The summed E-state index contributed by atoms with van der Waals surface area (Å²) in [6.45, 7) is 8.44. The molecule has 1 aromatic rings. The third-order valence-corrected chi connectivity index (χ3v) is 3.91. The second-order valence-electron chi connectivity index (χ2n) is 5.08. The summed E-state index contributed by atoms with van der Waals surface area (Å²) in [5.41, 5.74) is 0.762. The number of hydrogen-bond donors (Lipinski definition) is 1. The first-order valence-corrected chi connectivity index (χ1v) is 7.55. The Morgan fingerprint density at radius 1 is 1.25 bits per heavy atom. The van der Waals surface area contributed by atoms with Gasteiger partial charge < -0.3 is 15.1 Å². The normalized spacial score (nSPS) is 17.1. The minimum Gasteiger partial charge on any atom is -0.326 e. The Labute approximate surface area is 125 Å². The zero-order valence-electron chi connectivity index (χ0n) is 11.9. The molecule has 1 aliphatic heterocycles. The van der Waals surface area contributed by atoms with E-state index in [1.165, 1.54) is 0 Å². The van der Waals surface area contributed by atoms with Crippen molar-refractivity contribution in [2.24, 2.45) is 0 Å². The quantitative estimate of drug-likeness (QED) is 0.905. The molecule has 1 saturated heterocycles. The predicted octanol–water partition coefficient (Wildman–Crippen LogP) is 2.31. The first kappa shape index (κ1) is 15.3. The van der Waals surface area contributed by atoms with Gasteiger partial charge in [0.15, 0.2) is 0 Å². The summed E-state index contributed by atoms with van der Waals surface area (Å²) >= 11 is 5.89. The Hall–Kier alpha value is -1.10. The zero-order chi connectivity index (χ0) is 14.4. The molecule has 0 saturated carbocycles. The Morgan fingerprint density at radius 2 is 1.95 bits per heavy atom. The molecular weight excluding hydrogens is 274 g/mol. The third kappa shape index (κ3) is 4.78. The van der Waals surface area contributed by atoms with E-state index in [9.17, 15) is 4.79 Å². The number of nitrogens with zero attached hydrogens (tertiary/aromatic N) is 2. The minimum absolute atomic E-state index is 0.0465. The van der Waals surface area contributed by atoms with E-state index in [1.807, 2.05) is 12.1 Å². The fourth-order valence-electron chi connectivity index (χ4n) is 2.38. The number of hydrogen-bond acceptors (Lipinski definition) is 3. The maximum absolute atomic E-state index is 11.9. The number of amides is 1. The number of nitrogens with one attached hydrogen (secondary N) is 1. The number of carbonyl (C=O) groups excluding carboxylic acids is 1. The van der Waals surface area contributed by atoms with Crippen LogP contribution in [-0.2, 0) is 4.79 Å². The van der Waals surface area contributed by atoms with Crippen molar-refractivity contribution in [2.75, 3.05) is 44.6 Å². The van der Waals surface area contributed by atoms with Gasteiger partial charge in [0.2, 0.25) is 5.91 Å². The Kier molecular flexibility index (Phi) is 5.83. The van der Waals surface area contributed by atoms with Gasteiger partial charge in [0.1, 0.15) is 0 Å². The highest BCUT2D eigenvalue weighted by Gasteiger charge is 2.16. The number of piperazine rings is 1. The third-order valence-electron chi connectivity index (χ3n) is 3.68. The van der Waals surface area contributed by atoms with Crippen LogP contribution in [0.25, 0.3) is 0 Å². The molecule has 0 radical (unpaired) electrons. The lowest BCUT2D eigenvalue weighted by Crippen LogP contribution is -2.46. The van der Waals surface area contributed by atoms with E-state index in [0.29, 0.717) is 11.4 Å². The molecule has 110 valence electrons. The molecule has 0 spiro atoms. The van der Waals surface area contributed by atoms with Crippen molar-refractivity contribution < 1.29 is 4.79 Å². The largest absolute Gasteiger partial charge is 0.326 e. The van der Waals surface area contributed by atoms with Gasteiger partial charge in [-0.05, 0) is 24.7 Å². The van der Waals surface area contributed by atoms with E-state index in [1.54, 1.807) is 12.1 Å². The van der Waals surface area contributed by atoms with Crippen LogP contribution in [0.2, 0.25) is 5.02 Å². The molecule has 0 aliphatic carbocycles. The van der Waals surface area contributed by atoms with Crippen molar-refractivity contribution in [3.63, 3.8) is 0 Å². The molecule has 0 unspecified atom stereocenters. The molecule has 1 N–H and O–H groups in total. The second kappa shape index (κ2) is 7.62. The Bertz CT molecular complexity index is 444. The Balaban J connectivity index is 1.70. The topological polar surface area (TPSA) is 35.6 Å². The van der Waals surface area contributed by atoms with Crippen molar-refractivity contribution in [3.8, 4) is 0 Å². The molecule has 1 amide bonds. The maximum Gasteiger partial charge on any atom is 0.225 e. The van der Waals surface area contributed by atoms with Crippen molar-refractivity contribution >= 4 is 23.2 Å². The van der Waals surface area contributed by atoms with Gasteiger partial charge in [-0.25, -0.2) is 0 Å². The first-order valence-electron chi connectivity index (χ1n) is 7.17. The summed E-state index contributed by atoms with van der Waals surface area (Å²) in [4.78, 5) is 16.7. The lowest BCUT2D eigenvalue weighted by atomic mass is 10.2. The number of benzene rings is 1. The number of likely N-dealkylation sites (N-methyl/N-ethyl adjacent to an activating group) is 1. The van der Waals surface area contributed by atoms with Crippen molar-refractivity contribution in [1.82, 2.24) is 9.80 Å².